The molecule has 1 saturated heterocycles. The van der Waals surface area contributed by atoms with Gasteiger partial charge in [0.25, 0.3) is 5.91 Å². The third-order valence-corrected chi connectivity index (χ3v) is 5.31. The van der Waals surface area contributed by atoms with Crippen molar-refractivity contribution in [3.63, 3.8) is 0 Å². The fourth-order valence-electron chi connectivity index (χ4n) is 3.73. The third kappa shape index (κ3) is 4.50. The molecule has 9 heteroatoms. The first-order valence-electron chi connectivity index (χ1n) is 9.96. The van der Waals surface area contributed by atoms with Crippen molar-refractivity contribution in [3.05, 3.63) is 65.6 Å². The third-order valence-electron chi connectivity index (χ3n) is 5.31. The van der Waals surface area contributed by atoms with Crippen LogP contribution in [0.5, 0.6) is 5.75 Å². The maximum Gasteiger partial charge on any atom is 0.387 e. The lowest BCUT2D eigenvalue weighted by Crippen LogP contribution is -2.51. The molecule has 1 aromatic carbocycles. The first-order chi connectivity index (χ1) is 14.9. The molecule has 1 aliphatic rings. The molecule has 0 atom stereocenters. The van der Waals surface area contributed by atoms with Crippen molar-refractivity contribution >= 4 is 17.5 Å². The van der Waals surface area contributed by atoms with Crippen molar-refractivity contribution in [2.45, 2.75) is 20.0 Å². The Kier molecular flexibility index (Phi) is 5.83. The summed E-state index contributed by atoms with van der Waals surface area (Å²) < 4.78 is 31.6. The zero-order chi connectivity index (χ0) is 22.0. The van der Waals surface area contributed by atoms with Crippen LogP contribution in [-0.4, -0.2) is 63.8 Å². The fraction of sp³-hybridized carbons (Fsp3) is 0.318. The van der Waals surface area contributed by atoms with Gasteiger partial charge in [-0.15, -0.1) is 0 Å². The minimum Gasteiger partial charge on any atom is -0.434 e. The van der Waals surface area contributed by atoms with Crippen LogP contribution in [-0.2, 0) is 11.2 Å². The summed E-state index contributed by atoms with van der Waals surface area (Å²) in [7, 11) is 0. The maximum absolute atomic E-state index is 12.8. The molecule has 3 heterocycles. The fourth-order valence-corrected chi connectivity index (χ4v) is 3.73. The van der Waals surface area contributed by atoms with Crippen LogP contribution in [0.1, 0.15) is 21.6 Å². The van der Waals surface area contributed by atoms with E-state index in [1.54, 1.807) is 15.9 Å². The predicted molar refractivity (Wildman–Crippen MR) is 109 cm³/mol. The highest BCUT2D eigenvalue weighted by molar-refractivity contribution is 5.97. The van der Waals surface area contributed by atoms with Crippen molar-refractivity contribution in [1.29, 1.82) is 0 Å². The van der Waals surface area contributed by atoms with Gasteiger partial charge >= 0.3 is 6.61 Å². The molecular weight excluding hydrogens is 406 g/mol. The second-order valence-corrected chi connectivity index (χ2v) is 7.38. The van der Waals surface area contributed by atoms with E-state index in [2.05, 4.69) is 9.72 Å². The summed E-state index contributed by atoms with van der Waals surface area (Å²) in [6, 6.07) is 9.83. The van der Waals surface area contributed by atoms with Crippen LogP contribution in [0, 0.1) is 6.92 Å². The number of carbonyl (C=O) groups is 2. The Morgan fingerprint density at radius 2 is 1.77 bits per heavy atom. The number of hydrogen-bond acceptors (Lipinski definition) is 4. The van der Waals surface area contributed by atoms with Crippen molar-refractivity contribution in [2.24, 2.45) is 0 Å². The summed E-state index contributed by atoms with van der Waals surface area (Å²) in [6.45, 7) is 0.334. The van der Waals surface area contributed by atoms with Gasteiger partial charge < -0.3 is 18.9 Å². The van der Waals surface area contributed by atoms with E-state index in [9.17, 15) is 18.4 Å². The van der Waals surface area contributed by atoms with E-state index < -0.39 is 6.61 Å². The van der Waals surface area contributed by atoms with Crippen LogP contribution >= 0.6 is 0 Å². The summed E-state index contributed by atoms with van der Waals surface area (Å²) in [4.78, 5) is 33.3. The average Bonchev–Trinajstić information content (AvgIpc) is 3.17. The lowest BCUT2D eigenvalue weighted by Gasteiger charge is -2.35. The smallest absolute Gasteiger partial charge is 0.387 e. The highest BCUT2D eigenvalue weighted by Gasteiger charge is 2.27. The molecule has 0 bridgehead atoms. The Hall–Kier alpha value is -3.49. The zero-order valence-corrected chi connectivity index (χ0v) is 17.0. The molecule has 4 rings (SSSR count). The SMILES string of the molecule is Cc1cccn2cc(CC(=O)N3CCN(C(=O)c4ccccc4OC(F)F)CC3)nc12. The maximum atomic E-state index is 12.8. The number of rotatable bonds is 5. The van der Waals surface area contributed by atoms with Gasteiger partial charge in [0.15, 0.2) is 0 Å². The number of aromatic nitrogens is 2. The van der Waals surface area contributed by atoms with Crippen molar-refractivity contribution < 1.29 is 23.1 Å². The molecule has 0 spiro atoms. The minimum absolute atomic E-state index is 0.0606. The minimum atomic E-state index is -3.01. The number of alkyl halides is 2. The number of carbonyl (C=O) groups excluding carboxylic acids is 2. The monoisotopic (exact) mass is 428 g/mol. The molecular formula is C22H22F2N4O3. The van der Waals surface area contributed by atoms with Gasteiger partial charge in [0.1, 0.15) is 11.4 Å². The van der Waals surface area contributed by atoms with Gasteiger partial charge in [0, 0.05) is 38.6 Å². The van der Waals surface area contributed by atoms with Gasteiger partial charge in [-0.2, -0.15) is 8.78 Å². The lowest BCUT2D eigenvalue weighted by molar-refractivity contribution is -0.132. The Balaban J connectivity index is 1.37. The first-order valence-corrected chi connectivity index (χ1v) is 9.96. The highest BCUT2D eigenvalue weighted by atomic mass is 19.3. The van der Waals surface area contributed by atoms with Gasteiger partial charge in [-0.3, -0.25) is 9.59 Å². The number of nitrogens with zero attached hydrogens (tertiary/aromatic N) is 4. The van der Waals surface area contributed by atoms with E-state index >= 15 is 0 Å². The van der Waals surface area contributed by atoms with Crippen LogP contribution in [0.15, 0.2) is 48.8 Å². The van der Waals surface area contributed by atoms with E-state index in [0.717, 1.165) is 11.2 Å². The molecule has 1 aliphatic heterocycles. The number of benzene rings is 1. The Morgan fingerprint density at radius 1 is 1.06 bits per heavy atom. The number of hydrogen-bond donors (Lipinski definition) is 0. The summed E-state index contributed by atoms with van der Waals surface area (Å²) >= 11 is 0. The van der Waals surface area contributed by atoms with Crippen LogP contribution in [0.25, 0.3) is 5.65 Å². The number of para-hydroxylation sites is 1. The normalized spacial score (nSPS) is 14.3. The molecule has 2 amide bonds. The molecule has 1 fully saturated rings. The van der Waals surface area contributed by atoms with Crippen LogP contribution in [0.3, 0.4) is 0 Å². The number of halogens is 2. The van der Waals surface area contributed by atoms with E-state index in [1.807, 2.05) is 35.9 Å². The van der Waals surface area contributed by atoms with Crippen LogP contribution in [0.2, 0.25) is 0 Å². The number of pyridine rings is 1. The Labute approximate surface area is 177 Å². The molecule has 162 valence electrons. The molecule has 0 radical (unpaired) electrons. The van der Waals surface area contributed by atoms with E-state index in [0.29, 0.717) is 31.9 Å². The average molecular weight is 428 g/mol. The second kappa shape index (κ2) is 8.71. The van der Waals surface area contributed by atoms with Gasteiger partial charge in [-0.25, -0.2) is 4.98 Å². The summed E-state index contributed by atoms with van der Waals surface area (Å²) in [5, 5.41) is 0. The molecule has 7 nitrogen and oxygen atoms in total. The number of amides is 2. The molecule has 0 saturated carbocycles. The molecule has 3 aromatic rings. The van der Waals surface area contributed by atoms with E-state index in [-0.39, 0.29) is 29.5 Å². The summed E-state index contributed by atoms with van der Waals surface area (Å²) in [5.41, 5.74) is 2.63. The van der Waals surface area contributed by atoms with Gasteiger partial charge in [0.05, 0.1) is 17.7 Å². The Morgan fingerprint density at radius 3 is 2.48 bits per heavy atom. The predicted octanol–water partition coefficient (Wildman–Crippen LogP) is 2.77. The molecule has 31 heavy (non-hydrogen) atoms. The van der Waals surface area contributed by atoms with Crippen LogP contribution in [0.4, 0.5) is 8.78 Å². The lowest BCUT2D eigenvalue weighted by atomic mass is 10.1. The second-order valence-electron chi connectivity index (χ2n) is 7.38. The standard InChI is InChI=1S/C22H22F2N4O3/c1-15-5-4-8-28-14-16(25-20(15)28)13-19(29)26-9-11-27(12-10-26)21(30)17-6-2-3-7-18(17)31-22(23)24/h2-8,14,22H,9-13H2,1H3. The largest absolute Gasteiger partial charge is 0.434 e. The van der Waals surface area contributed by atoms with Crippen molar-refractivity contribution in [2.75, 3.05) is 26.2 Å². The topological polar surface area (TPSA) is 67.2 Å². The Bertz CT molecular complexity index is 1110. The van der Waals surface area contributed by atoms with E-state index in [4.69, 9.17) is 0 Å². The quantitative estimate of drug-likeness (QED) is 0.627. The number of piperazine rings is 1. The molecule has 0 unspecified atom stereocenters. The van der Waals surface area contributed by atoms with Gasteiger partial charge in [-0.1, -0.05) is 18.2 Å². The molecule has 0 N–H and O–H groups in total. The molecule has 0 aliphatic carbocycles. The van der Waals surface area contributed by atoms with Gasteiger partial charge in [0.2, 0.25) is 5.91 Å². The number of imidazole rings is 1. The van der Waals surface area contributed by atoms with Crippen molar-refractivity contribution in [1.82, 2.24) is 19.2 Å². The summed E-state index contributed by atoms with van der Waals surface area (Å²) in [5.74, 6) is -0.600. The van der Waals surface area contributed by atoms with Gasteiger partial charge in [-0.05, 0) is 30.7 Å². The zero-order valence-electron chi connectivity index (χ0n) is 17.0. The number of ether oxygens (including phenoxy) is 1. The number of fused-ring (bicyclic) bond motifs is 1. The van der Waals surface area contributed by atoms with E-state index in [1.165, 1.54) is 18.2 Å². The van der Waals surface area contributed by atoms with Crippen LogP contribution < -0.4 is 4.74 Å². The summed E-state index contributed by atoms with van der Waals surface area (Å²) in [6.07, 6.45) is 3.92. The first kappa shape index (κ1) is 20.8. The number of aryl methyl sites for hydroxylation is 1. The molecule has 2 aromatic heterocycles. The highest BCUT2D eigenvalue weighted by Crippen LogP contribution is 2.22. The van der Waals surface area contributed by atoms with Crippen molar-refractivity contribution in [3.8, 4) is 5.75 Å².